The predicted molar refractivity (Wildman–Crippen MR) is 83.3 cm³/mol. The molecule has 3 heterocycles. The van der Waals surface area contributed by atoms with E-state index in [9.17, 15) is 0 Å². The zero-order valence-corrected chi connectivity index (χ0v) is 13.1. The molecule has 7 heteroatoms. The van der Waals surface area contributed by atoms with E-state index in [0.29, 0.717) is 18.3 Å². The van der Waals surface area contributed by atoms with Gasteiger partial charge in [-0.25, -0.2) is 0 Å². The first-order valence-corrected chi connectivity index (χ1v) is 8.17. The van der Waals surface area contributed by atoms with Gasteiger partial charge < -0.3 is 9.73 Å². The number of hydrogen-bond acceptors (Lipinski definition) is 7. The Morgan fingerprint density at radius 3 is 3.00 bits per heavy atom. The lowest BCUT2D eigenvalue weighted by Gasteiger charge is -2.28. The van der Waals surface area contributed by atoms with Crippen molar-refractivity contribution in [1.82, 2.24) is 25.3 Å². The van der Waals surface area contributed by atoms with Gasteiger partial charge in [-0.1, -0.05) is 6.07 Å². The third-order valence-electron chi connectivity index (χ3n) is 3.61. The molecule has 0 atom stereocenters. The van der Waals surface area contributed by atoms with Crippen molar-refractivity contribution in [2.45, 2.75) is 6.54 Å². The van der Waals surface area contributed by atoms with Gasteiger partial charge in [0.05, 0.1) is 11.4 Å². The quantitative estimate of drug-likeness (QED) is 0.863. The number of thiophene rings is 1. The van der Waals surface area contributed by atoms with Gasteiger partial charge in [0.2, 0.25) is 5.89 Å². The maximum Gasteiger partial charge on any atom is 0.257 e. The van der Waals surface area contributed by atoms with Crippen LogP contribution in [0.15, 0.2) is 21.9 Å². The molecule has 114 valence electrons. The zero-order chi connectivity index (χ0) is 14.5. The van der Waals surface area contributed by atoms with Gasteiger partial charge in [-0.3, -0.25) is 9.80 Å². The Kier molecular flexibility index (Phi) is 4.97. The monoisotopic (exact) mass is 307 g/mol. The fraction of sp³-hybridized carbons (Fsp3) is 0.571. The molecule has 0 saturated carbocycles. The van der Waals surface area contributed by atoms with Crippen molar-refractivity contribution < 1.29 is 4.42 Å². The van der Waals surface area contributed by atoms with E-state index in [1.54, 1.807) is 11.3 Å². The second kappa shape index (κ2) is 7.13. The number of hydrogen-bond donors (Lipinski definition) is 1. The van der Waals surface area contributed by atoms with Gasteiger partial charge in [-0.15, -0.1) is 21.5 Å². The minimum absolute atomic E-state index is 0.621. The van der Waals surface area contributed by atoms with E-state index in [1.807, 2.05) is 17.5 Å². The highest BCUT2D eigenvalue weighted by molar-refractivity contribution is 7.13. The number of piperazine rings is 1. The SMILES string of the molecule is CN(CCN1CCNCC1)Cc1nnc(-c2cccs2)o1. The van der Waals surface area contributed by atoms with Gasteiger partial charge in [0.15, 0.2) is 0 Å². The first kappa shape index (κ1) is 14.6. The molecule has 0 amide bonds. The minimum Gasteiger partial charge on any atom is -0.419 e. The van der Waals surface area contributed by atoms with Crippen LogP contribution < -0.4 is 5.32 Å². The van der Waals surface area contributed by atoms with Crippen LogP contribution in [0.2, 0.25) is 0 Å². The van der Waals surface area contributed by atoms with Crippen LogP contribution >= 0.6 is 11.3 Å². The molecule has 0 bridgehead atoms. The van der Waals surface area contributed by atoms with E-state index in [4.69, 9.17) is 4.42 Å². The molecule has 1 aliphatic rings. The van der Waals surface area contributed by atoms with Crippen LogP contribution in [-0.4, -0.2) is 66.3 Å². The molecule has 6 nitrogen and oxygen atoms in total. The summed E-state index contributed by atoms with van der Waals surface area (Å²) in [6, 6.07) is 3.99. The second-order valence-corrected chi connectivity index (χ2v) is 6.26. The van der Waals surface area contributed by atoms with Crippen LogP contribution in [0, 0.1) is 0 Å². The van der Waals surface area contributed by atoms with Crippen molar-refractivity contribution in [3.8, 4) is 10.8 Å². The van der Waals surface area contributed by atoms with Gasteiger partial charge in [-0.05, 0) is 18.5 Å². The highest BCUT2D eigenvalue weighted by Crippen LogP contribution is 2.23. The number of likely N-dealkylation sites (N-methyl/N-ethyl adjacent to an activating group) is 1. The standard InChI is InChI=1S/C14H21N5OS/c1-18(8-9-19-6-4-15-5-7-19)11-13-16-17-14(20-13)12-3-2-10-21-12/h2-3,10,15H,4-9,11H2,1H3. The van der Waals surface area contributed by atoms with E-state index < -0.39 is 0 Å². The molecule has 1 saturated heterocycles. The van der Waals surface area contributed by atoms with Crippen LogP contribution in [0.25, 0.3) is 10.8 Å². The summed E-state index contributed by atoms with van der Waals surface area (Å²) >= 11 is 1.61. The third-order valence-corrected chi connectivity index (χ3v) is 4.47. The average molecular weight is 307 g/mol. The van der Waals surface area contributed by atoms with E-state index in [1.165, 1.54) is 0 Å². The van der Waals surface area contributed by atoms with Gasteiger partial charge in [-0.2, -0.15) is 0 Å². The summed E-state index contributed by atoms with van der Waals surface area (Å²) in [7, 11) is 2.09. The van der Waals surface area contributed by atoms with Crippen LogP contribution in [0.1, 0.15) is 5.89 Å². The summed E-state index contributed by atoms with van der Waals surface area (Å²) in [6.45, 7) is 7.26. The molecule has 0 aliphatic carbocycles. The fourth-order valence-corrected chi connectivity index (χ4v) is 3.02. The maximum absolute atomic E-state index is 5.71. The van der Waals surface area contributed by atoms with E-state index in [0.717, 1.165) is 44.1 Å². The molecule has 0 unspecified atom stereocenters. The molecule has 1 N–H and O–H groups in total. The van der Waals surface area contributed by atoms with Crippen molar-refractivity contribution in [2.24, 2.45) is 0 Å². The minimum atomic E-state index is 0.621. The second-order valence-electron chi connectivity index (χ2n) is 5.31. The van der Waals surface area contributed by atoms with Gasteiger partial charge in [0.25, 0.3) is 5.89 Å². The van der Waals surface area contributed by atoms with Crippen LogP contribution in [0.5, 0.6) is 0 Å². The first-order valence-electron chi connectivity index (χ1n) is 7.29. The van der Waals surface area contributed by atoms with Crippen molar-refractivity contribution in [3.05, 3.63) is 23.4 Å². The Balaban J connectivity index is 1.47. The summed E-state index contributed by atoms with van der Waals surface area (Å²) in [5.41, 5.74) is 0. The molecule has 0 aromatic carbocycles. The molecule has 21 heavy (non-hydrogen) atoms. The molecule has 2 aromatic heterocycles. The molecule has 2 aromatic rings. The van der Waals surface area contributed by atoms with E-state index in [2.05, 4.69) is 32.4 Å². The van der Waals surface area contributed by atoms with E-state index >= 15 is 0 Å². The Hall–Kier alpha value is -1.28. The van der Waals surface area contributed by atoms with Gasteiger partial charge >= 0.3 is 0 Å². The Bertz CT molecular complexity index is 535. The Labute approximate surface area is 128 Å². The van der Waals surface area contributed by atoms with Gasteiger partial charge in [0, 0.05) is 39.3 Å². The number of aromatic nitrogens is 2. The van der Waals surface area contributed by atoms with Crippen LogP contribution in [-0.2, 0) is 6.54 Å². The maximum atomic E-state index is 5.71. The highest BCUT2D eigenvalue weighted by Gasteiger charge is 2.13. The summed E-state index contributed by atoms with van der Waals surface area (Å²) in [4.78, 5) is 5.74. The molecule has 0 spiro atoms. The van der Waals surface area contributed by atoms with Crippen molar-refractivity contribution >= 4 is 11.3 Å². The van der Waals surface area contributed by atoms with Gasteiger partial charge in [0.1, 0.15) is 0 Å². The van der Waals surface area contributed by atoms with E-state index in [-0.39, 0.29) is 0 Å². The molecular weight excluding hydrogens is 286 g/mol. The van der Waals surface area contributed by atoms with Crippen molar-refractivity contribution in [3.63, 3.8) is 0 Å². The van der Waals surface area contributed by atoms with Crippen molar-refractivity contribution in [1.29, 1.82) is 0 Å². The lowest BCUT2D eigenvalue weighted by molar-refractivity contribution is 0.195. The summed E-state index contributed by atoms with van der Waals surface area (Å²) in [5.74, 6) is 1.30. The average Bonchev–Trinajstić information content (AvgIpc) is 3.17. The normalized spacial score (nSPS) is 16.7. The molecule has 1 fully saturated rings. The van der Waals surface area contributed by atoms with Crippen LogP contribution in [0.3, 0.4) is 0 Å². The first-order chi connectivity index (χ1) is 10.3. The summed E-state index contributed by atoms with van der Waals surface area (Å²) in [5, 5.41) is 13.6. The predicted octanol–water partition coefficient (Wildman–Crippen LogP) is 1.14. The topological polar surface area (TPSA) is 57.4 Å². The zero-order valence-electron chi connectivity index (χ0n) is 12.3. The number of nitrogens with zero attached hydrogens (tertiary/aromatic N) is 4. The molecular formula is C14H21N5OS. The van der Waals surface area contributed by atoms with Crippen LogP contribution in [0.4, 0.5) is 0 Å². The summed E-state index contributed by atoms with van der Waals surface area (Å²) < 4.78 is 5.71. The Morgan fingerprint density at radius 2 is 2.24 bits per heavy atom. The van der Waals surface area contributed by atoms with Crippen molar-refractivity contribution in [2.75, 3.05) is 46.3 Å². The number of rotatable bonds is 6. The Morgan fingerprint density at radius 1 is 1.38 bits per heavy atom. The fourth-order valence-electron chi connectivity index (χ4n) is 2.37. The highest BCUT2D eigenvalue weighted by atomic mass is 32.1. The lowest BCUT2D eigenvalue weighted by atomic mass is 10.3. The number of nitrogens with one attached hydrogen (secondary N) is 1. The molecule has 3 rings (SSSR count). The smallest absolute Gasteiger partial charge is 0.257 e. The molecule has 0 radical (unpaired) electrons. The lowest BCUT2D eigenvalue weighted by Crippen LogP contribution is -2.45. The largest absolute Gasteiger partial charge is 0.419 e. The summed E-state index contributed by atoms with van der Waals surface area (Å²) in [6.07, 6.45) is 0. The molecule has 1 aliphatic heterocycles. The third kappa shape index (κ3) is 4.10.